The summed E-state index contributed by atoms with van der Waals surface area (Å²) in [6.07, 6.45) is 5.62. The van der Waals surface area contributed by atoms with Crippen molar-refractivity contribution in [1.29, 1.82) is 0 Å². The van der Waals surface area contributed by atoms with E-state index in [0.29, 0.717) is 0 Å². The number of aromatic amines is 1. The summed E-state index contributed by atoms with van der Waals surface area (Å²) in [5.74, 6) is 0. The molecule has 2 rings (SSSR count). The molecule has 17 heavy (non-hydrogen) atoms. The van der Waals surface area contributed by atoms with Crippen LogP contribution in [0.25, 0.3) is 0 Å². The average molecular weight is 247 g/mol. The highest BCUT2D eigenvalue weighted by atomic mass is 32.1. The first-order valence-electron chi connectivity index (χ1n) is 5.66. The van der Waals surface area contributed by atoms with Gasteiger partial charge in [-0.3, -0.25) is 4.98 Å². The number of nitrogens with one attached hydrogen (secondary N) is 1. The molecule has 2 aromatic rings. The van der Waals surface area contributed by atoms with Gasteiger partial charge in [-0.15, -0.1) is 0 Å². The summed E-state index contributed by atoms with van der Waals surface area (Å²) in [5, 5.41) is 0. The van der Waals surface area contributed by atoms with Gasteiger partial charge in [-0.05, 0) is 29.9 Å². The van der Waals surface area contributed by atoms with E-state index in [1.54, 1.807) is 0 Å². The highest BCUT2D eigenvalue weighted by Gasteiger charge is 2.19. The van der Waals surface area contributed by atoms with Crippen molar-refractivity contribution in [2.24, 2.45) is 0 Å². The lowest BCUT2D eigenvalue weighted by Crippen LogP contribution is -2.18. The van der Waals surface area contributed by atoms with Crippen molar-refractivity contribution < 1.29 is 0 Å². The molecule has 0 saturated carbocycles. The van der Waals surface area contributed by atoms with Crippen LogP contribution in [0.5, 0.6) is 0 Å². The predicted molar refractivity (Wildman–Crippen MR) is 71.7 cm³/mol. The van der Waals surface area contributed by atoms with Crippen LogP contribution in [0.4, 0.5) is 0 Å². The third-order valence-corrected chi connectivity index (χ3v) is 3.07. The van der Waals surface area contributed by atoms with Gasteiger partial charge < -0.3 is 9.55 Å². The minimum absolute atomic E-state index is 0.0839. The second-order valence-corrected chi connectivity index (χ2v) is 5.56. The van der Waals surface area contributed by atoms with Crippen molar-refractivity contribution in [2.75, 3.05) is 0 Å². The van der Waals surface area contributed by atoms with E-state index in [4.69, 9.17) is 12.2 Å². The first-order valence-corrected chi connectivity index (χ1v) is 6.07. The maximum Gasteiger partial charge on any atom is 0.177 e. The number of imidazole rings is 1. The molecule has 0 amide bonds. The smallest absolute Gasteiger partial charge is 0.177 e. The van der Waals surface area contributed by atoms with E-state index in [9.17, 15) is 0 Å². The summed E-state index contributed by atoms with van der Waals surface area (Å²) in [6, 6.07) is 4.03. The van der Waals surface area contributed by atoms with Crippen LogP contribution in [-0.2, 0) is 12.0 Å². The second kappa shape index (κ2) is 4.45. The fraction of sp³-hybridized carbons (Fsp3) is 0.385. The Bertz CT molecular complexity index is 546. The molecular weight excluding hydrogens is 230 g/mol. The monoisotopic (exact) mass is 247 g/mol. The highest BCUT2D eigenvalue weighted by molar-refractivity contribution is 7.71. The van der Waals surface area contributed by atoms with E-state index in [1.165, 1.54) is 11.3 Å². The molecule has 4 heteroatoms. The molecule has 0 spiro atoms. The number of pyridine rings is 1. The Morgan fingerprint density at radius 3 is 2.53 bits per heavy atom. The van der Waals surface area contributed by atoms with Gasteiger partial charge >= 0.3 is 0 Å². The summed E-state index contributed by atoms with van der Waals surface area (Å²) < 4.78 is 2.91. The van der Waals surface area contributed by atoms with Gasteiger partial charge in [0.2, 0.25) is 0 Å². The summed E-state index contributed by atoms with van der Waals surface area (Å²) in [4.78, 5) is 7.15. The van der Waals surface area contributed by atoms with Crippen LogP contribution in [0.2, 0.25) is 0 Å². The second-order valence-electron chi connectivity index (χ2n) is 5.17. The average Bonchev–Trinajstić information content (AvgIpc) is 2.62. The lowest BCUT2D eigenvalue weighted by atomic mass is 9.92. The van der Waals surface area contributed by atoms with Crippen molar-refractivity contribution >= 4 is 12.2 Å². The van der Waals surface area contributed by atoms with Crippen molar-refractivity contribution in [3.63, 3.8) is 0 Å². The zero-order valence-corrected chi connectivity index (χ0v) is 11.2. The molecule has 0 aromatic carbocycles. The van der Waals surface area contributed by atoms with Crippen molar-refractivity contribution in [2.45, 2.75) is 32.7 Å². The molecule has 2 heterocycles. The maximum atomic E-state index is 5.33. The summed E-state index contributed by atoms with van der Waals surface area (Å²) in [7, 11) is 0. The molecule has 2 aromatic heterocycles. The molecule has 0 aliphatic carbocycles. The molecular formula is C13H17N3S. The topological polar surface area (TPSA) is 33.6 Å². The Kier molecular flexibility index (Phi) is 3.15. The molecule has 0 bridgehead atoms. The number of rotatable bonds is 2. The number of H-pyrrole nitrogens is 1. The Balaban J connectivity index is 2.40. The SMILES string of the molecule is CC(C)(C)c1c[nH]c(=S)n1Cc1ccncc1. The molecule has 1 N–H and O–H groups in total. The molecule has 0 fully saturated rings. The first kappa shape index (κ1) is 12.0. The molecule has 0 unspecified atom stereocenters. The molecule has 0 saturated heterocycles. The van der Waals surface area contributed by atoms with Crippen LogP contribution in [0.3, 0.4) is 0 Å². The number of hydrogen-bond donors (Lipinski definition) is 1. The molecule has 3 nitrogen and oxygen atoms in total. The van der Waals surface area contributed by atoms with Crippen molar-refractivity contribution in [3.8, 4) is 0 Å². The normalized spacial score (nSPS) is 11.7. The van der Waals surface area contributed by atoms with Gasteiger partial charge in [0.25, 0.3) is 0 Å². The van der Waals surface area contributed by atoms with Gasteiger partial charge in [0.05, 0.1) is 6.54 Å². The fourth-order valence-corrected chi connectivity index (χ4v) is 2.07. The lowest BCUT2D eigenvalue weighted by molar-refractivity contribution is 0.529. The Morgan fingerprint density at radius 1 is 1.29 bits per heavy atom. The van der Waals surface area contributed by atoms with Crippen LogP contribution in [0.1, 0.15) is 32.0 Å². The van der Waals surface area contributed by atoms with E-state index in [1.807, 2.05) is 30.7 Å². The van der Waals surface area contributed by atoms with E-state index < -0.39 is 0 Å². The Hall–Kier alpha value is -1.42. The fourth-order valence-electron chi connectivity index (χ4n) is 1.84. The van der Waals surface area contributed by atoms with Crippen molar-refractivity contribution in [3.05, 3.63) is 46.8 Å². The summed E-state index contributed by atoms with van der Waals surface area (Å²) in [6.45, 7) is 7.35. The van der Waals surface area contributed by atoms with Gasteiger partial charge in [-0.1, -0.05) is 20.8 Å². The van der Waals surface area contributed by atoms with E-state index in [0.717, 1.165) is 11.3 Å². The minimum Gasteiger partial charge on any atom is -0.337 e. The molecule has 0 aliphatic rings. The van der Waals surface area contributed by atoms with Crippen molar-refractivity contribution in [1.82, 2.24) is 14.5 Å². The van der Waals surface area contributed by atoms with Crippen LogP contribution >= 0.6 is 12.2 Å². The van der Waals surface area contributed by atoms with Crippen LogP contribution in [0, 0.1) is 4.77 Å². The third-order valence-electron chi connectivity index (χ3n) is 2.73. The van der Waals surface area contributed by atoms with Gasteiger partial charge in [-0.2, -0.15) is 0 Å². The zero-order chi connectivity index (χ0) is 12.5. The van der Waals surface area contributed by atoms with Gasteiger partial charge in [0, 0.05) is 29.7 Å². The standard InChI is InChI=1S/C13H17N3S/c1-13(2,3)11-8-15-12(17)16(11)9-10-4-6-14-7-5-10/h4-8H,9H2,1-3H3,(H,15,17). The number of aromatic nitrogens is 3. The van der Waals surface area contributed by atoms with Crippen LogP contribution in [-0.4, -0.2) is 14.5 Å². The Morgan fingerprint density at radius 2 is 1.94 bits per heavy atom. The van der Waals surface area contributed by atoms with E-state index in [2.05, 4.69) is 35.3 Å². The predicted octanol–water partition coefficient (Wildman–Crippen LogP) is 3.29. The molecule has 0 aliphatic heterocycles. The quantitative estimate of drug-likeness (QED) is 0.826. The van der Waals surface area contributed by atoms with Gasteiger partial charge in [-0.25, -0.2) is 0 Å². The van der Waals surface area contributed by atoms with E-state index >= 15 is 0 Å². The molecule has 0 radical (unpaired) electrons. The number of nitrogens with zero attached hydrogens (tertiary/aromatic N) is 2. The van der Waals surface area contributed by atoms with E-state index in [-0.39, 0.29) is 5.41 Å². The summed E-state index contributed by atoms with van der Waals surface area (Å²) in [5.41, 5.74) is 2.51. The minimum atomic E-state index is 0.0839. The van der Waals surface area contributed by atoms with Crippen LogP contribution < -0.4 is 0 Å². The highest BCUT2D eigenvalue weighted by Crippen LogP contribution is 2.22. The molecule has 0 atom stereocenters. The summed E-state index contributed by atoms with van der Waals surface area (Å²) >= 11 is 5.33. The van der Waals surface area contributed by atoms with Gasteiger partial charge in [0.15, 0.2) is 4.77 Å². The first-order chi connectivity index (χ1) is 7.98. The van der Waals surface area contributed by atoms with Gasteiger partial charge in [0.1, 0.15) is 0 Å². The number of hydrogen-bond acceptors (Lipinski definition) is 2. The maximum absolute atomic E-state index is 5.33. The van der Waals surface area contributed by atoms with Crippen LogP contribution in [0.15, 0.2) is 30.7 Å². The largest absolute Gasteiger partial charge is 0.337 e. The Labute approximate surface area is 107 Å². The lowest BCUT2D eigenvalue weighted by Gasteiger charge is -2.20. The zero-order valence-electron chi connectivity index (χ0n) is 10.4. The molecule has 90 valence electrons. The third kappa shape index (κ3) is 2.64.